The fourth-order valence-corrected chi connectivity index (χ4v) is 1.85. The van der Waals surface area contributed by atoms with Gasteiger partial charge in [-0.2, -0.15) is 13.2 Å². The normalized spacial score (nSPS) is 11.2. The molecule has 0 spiro atoms. The summed E-state index contributed by atoms with van der Waals surface area (Å²) in [6.45, 7) is -0.428. The highest BCUT2D eigenvalue weighted by Crippen LogP contribution is 2.30. The summed E-state index contributed by atoms with van der Waals surface area (Å²) in [5.41, 5.74) is -0.355. The Bertz CT molecular complexity index is 793. The summed E-state index contributed by atoms with van der Waals surface area (Å²) in [7, 11) is 0. The lowest BCUT2D eigenvalue weighted by atomic mass is 10.2. The fourth-order valence-electron chi connectivity index (χ4n) is 1.85. The number of carbonyl (C=O) groups is 2. The minimum atomic E-state index is -4.51. The molecule has 0 saturated heterocycles. The molecule has 0 radical (unpaired) electrons. The number of amides is 2. The van der Waals surface area contributed by atoms with E-state index in [1.54, 1.807) is 30.3 Å². The van der Waals surface area contributed by atoms with Crippen LogP contribution in [0.5, 0.6) is 0 Å². The highest BCUT2D eigenvalue weighted by atomic mass is 19.4. The predicted octanol–water partition coefficient (Wildman–Crippen LogP) is 3.29. The number of nitrogens with one attached hydrogen (secondary N) is 2. The van der Waals surface area contributed by atoms with E-state index in [1.807, 2.05) is 0 Å². The van der Waals surface area contributed by atoms with Crippen molar-refractivity contribution < 1.29 is 27.6 Å². The molecule has 0 unspecified atom stereocenters. The molecule has 136 valence electrons. The number of anilines is 2. The third-order valence-electron chi connectivity index (χ3n) is 2.96. The molecule has 0 atom stereocenters. The third-order valence-corrected chi connectivity index (χ3v) is 2.96. The molecular formula is C17H14F3N3O3. The topological polar surface area (TPSA) is 79.8 Å². The largest absolute Gasteiger partial charge is 0.416 e. The van der Waals surface area contributed by atoms with E-state index in [-0.39, 0.29) is 5.69 Å². The molecule has 2 amide bonds. The highest BCUT2D eigenvalue weighted by Gasteiger charge is 2.30. The zero-order chi connectivity index (χ0) is 19.0. The number of para-hydroxylation sites is 1. The minimum absolute atomic E-state index is 0.0434. The van der Waals surface area contributed by atoms with Crippen LogP contribution in [0, 0.1) is 0 Å². The van der Waals surface area contributed by atoms with Gasteiger partial charge in [0.1, 0.15) is 6.21 Å². The third kappa shape index (κ3) is 6.27. The Kier molecular flexibility index (Phi) is 6.31. The predicted molar refractivity (Wildman–Crippen MR) is 89.6 cm³/mol. The molecule has 2 N–H and O–H groups in total. The van der Waals surface area contributed by atoms with Crippen LogP contribution >= 0.6 is 0 Å². The number of alkyl halides is 3. The van der Waals surface area contributed by atoms with Gasteiger partial charge in [0.15, 0.2) is 6.61 Å². The van der Waals surface area contributed by atoms with Crippen LogP contribution in [0.25, 0.3) is 0 Å². The first-order valence-corrected chi connectivity index (χ1v) is 7.33. The van der Waals surface area contributed by atoms with Crippen LogP contribution in [0.2, 0.25) is 0 Å². The molecule has 2 aromatic rings. The van der Waals surface area contributed by atoms with Gasteiger partial charge in [0.25, 0.3) is 11.8 Å². The number of rotatable bonds is 6. The summed E-state index contributed by atoms with van der Waals surface area (Å²) in [5.74, 6) is -1.28. The standard InChI is InChI=1S/C17H14F3N3O3/c18-17(19,20)12-5-4-8-14(9-12)23-15(24)10-21-26-11-16(25)22-13-6-2-1-3-7-13/h1-10H,11H2,(H,22,25)(H,23,24)/b21-10+. The number of carbonyl (C=O) groups excluding carboxylic acids is 2. The number of hydrogen-bond donors (Lipinski definition) is 2. The molecule has 0 aliphatic rings. The molecule has 0 saturated carbocycles. The van der Waals surface area contributed by atoms with Gasteiger partial charge in [-0.1, -0.05) is 29.4 Å². The van der Waals surface area contributed by atoms with Gasteiger partial charge in [0.2, 0.25) is 0 Å². The van der Waals surface area contributed by atoms with Crippen molar-refractivity contribution in [2.24, 2.45) is 5.16 Å². The van der Waals surface area contributed by atoms with E-state index < -0.39 is 30.2 Å². The van der Waals surface area contributed by atoms with Crippen LogP contribution in [0.15, 0.2) is 59.8 Å². The van der Waals surface area contributed by atoms with Crippen molar-refractivity contribution in [3.8, 4) is 0 Å². The number of oxime groups is 1. The highest BCUT2D eigenvalue weighted by molar-refractivity contribution is 6.31. The number of benzene rings is 2. The van der Waals surface area contributed by atoms with Crippen molar-refractivity contribution in [2.45, 2.75) is 6.18 Å². The Labute approximate surface area is 146 Å². The van der Waals surface area contributed by atoms with Gasteiger partial charge in [-0.3, -0.25) is 9.59 Å². The van der Waals surface area contributed by atoms with E-state index in [4.69, 9.17) is 0 Å². The van der Waals surface area contributed by atoms with Crippen molar-refractivity contribution in [1.29, 1.82) is 0 Å². The Morgan fingerprint density at radius 3 is 2.38 bits per heavy atom. The van der Waals surface area contributed by atoms with Crippen LogP contribution in [-0.2, 0) is 20.6 Å². The summed E-state index contributed by atoms with van der Waals surface area (Å²) >= 11 is 0. The molecule has 2 rings (SSSR count). The molecule has 26 heavy (non-hydrogen) atoms. The summed E-state index contributed by atoms with van der Waals surface area (Å²) < 4.78 is 37.8. The lowest BCUT2D eigenvalue weighted by Crippen LogP contribution is -2.18. The molecule has 2 aromatic carbocycles. The Hall–Kier alpha value is -3.36. The van der Waals surface area contributed by atoms with Crippen molar-refractivity contribution >= 4 is 29.4 Å². The van der Waals surface area contributed by atoms with Crippen LogP contribution in [0.4, 0.5) is 24.5 Å². The maximum Gasteiger partial charge on any atom is 0.416 e. The van der Waals surface area contributed by atoms with Gasteiger partial charge >= 0.3 is 6.18 Å². The molecule has 0 fully saturated rings. The van der Waals surface area contributed by atoms with Crippen LogP contribution < -0.4 is 10.6 Å². The van der Waals surface area contributed by atoms with E-state index in [0.717, 1.165) is 18.3 Å². The van der Waals surface area contributed by atoms with Gasteiger partial charge in [-0.25, -0.2) is 0 Å². The number of halogens is 3. The molecule has 0 heterocycles. The van der Waals surface area contributed by atoms with E-state index in [0.29, 0.717) is 5.69 Å². The number of nitrogens with zero attached hydrogens (tertiary/aromatic N) is 1. The van der Waals surface area contributed by atoms with Crippen molar-refractivity contribution in [3.05, 3.63) is 60.2 Å². The monoisotopic (exact) mass is 365 g/mol. The van der Waals surface area contributed by atoms with E-state index >= 15 is 0 Å². The van der Waals surface area contributed by atoms with Gasteiger partial charge < -0.3 is 15.5 Å². The number of hydrogen-bond acceptors (Lipinski definition) is 4. The molecule has 6 nitrogen and oxygen atoms in total. The van der Waals surface area contributed by atoms with Crippen LogP contribution in [0.1, 0.15) is 5.56 Å². The van der Waals surface area contributed by atoms with E-state index in [1.165, 1.54) is 12.1 Å². The molecule has 0 aromatic heterocycles. The van der Waals surface area contributed by atoms with Crippen molar-refractivity contribution in [1.82, 2.24) is 0 Å². The first kappa shape index (κ1) is 19.0. The van der Waals surface area contributed by atoms with Crippen molar-refractivity contribution in [3.63, 3.8) is 0 Å². The zero-order valence-electron chi connectivity index (χ0n) is 13.3. The maximum atomic E-state index is 12.6. The average molecular weight is 365 g/mol. The van der Waals surface area contributed by atoms with E-state index in [2.05, 4.69) is 20.6 Å². The van der Waals surface area contributed by atoms with Gasteiger partial charge in [0, 0.05) is 11.4 Å². The average Bonchev–Trinajstić information content (AvgIpc) is 2.59. The first-order chi connectivity index (χ1) is 12.3. The quantitative estimate of drug-likeness (QED) is 0.609. The molecular weight excluding hydrogens is 351 g/mol. The lowest BCUT2D eigenvalue weighted by molar-refractivity contribution is -0.137. The smallest absolute Gasteiger partial charge is 0.385 e. The van der Waals surface area contributed by atoms with E-state index in [9.17, 15) is 22.8 Å². The zero-order valence-corrected chi connectivity index (χ0v) is 13.3. The van der Waals surface area contributed by atoms with Crippen LogP contribution in [-0.4, -0.2) is 24.6 Å². The molecule has 0 aliphatic heterocycles. The maximum absolute atomic E-state index is 12.6. The summed E-state index contributed by atoms with van der Waals surface area (Å²) in [6, 6.07) is 12.8. The summed E-state index contributed by atoms with van der Waals surface area (Å²) in [4.78, 5) is 27.8. The second kappa shape index (κ2) is 8.65. The van der Waals surface area contributed by atoms with Gasteiger partial charge in [-0.05, 0) is 30.3 Å². The minimum Gasteiger partial charge on any atom is -0.385 e. The summed E-state index contributed by atoms with van der Waals surface area (Å²) in [5, 5.41) is 8.06. The van der Waals surface area contributed by atoms with Crippen LogP contribution in [0.3, 0.4) is 0 Å². The van der Waals surface area contributed by atoms with Crippen molar-refractivity contribution in [2.75, 3.05) is 17.2 Å². The van der Waals surface area contributed by atoms with Gasteiger partial charge in [-0.15, -0.1) is 0 Å². The molecule has 0 aliphatic carbocycles. The first-order valence-electron chi connectivity index (χ1n) is 7.33. The molecule has 0 bridgehead atoms. The fraction of sp³-hybridized carbons (Fsp3) is 0.118. The summed E-state index contributed by atoms with van der Waals surface area (Å²) in [6.07, 6.45) is -3.79. The Morgan fingerprint density at radius 2 is 1.69 bits per heavy atom. The second-order valence-electron chi connectivity index (χ2n) is 4.99. The lowest BCUT2D eigenvalue weighted by Gasteiger charge is -2.08. The molecule has 9 heteroatoms. The van der Waals surface area contributed by atoms with Gasteiger partial charge in [0.05, 0.1) is 5.56 Å². The second-order valence-corrected chi connectivity index (χ2v) is 4.99. The SMILES string of the molecule is O=C(/C=N/OCC(=O)Nc1ccccc1)Nc1cccc(C(F)(F)F)c1. The Morgan fingerprint density at radius 1 is 1.00 bits per heavy atom. The Balaban J connectivity index is 1.78.